The summed E-state index contributed by atoms with van der Waals surface area (Å²) in [7, 11) is 0. The Morgan fingerprint density at radius 2 is 1.56 bits per heavy atom. The van der Waals surface area contributed by atoms with E-state index in [1.165, 1.54) is 0 Å². The van der Waals surface area contributed by atoms with E-state index in [1.54, 1.807) is 69.3 Å². The zero-order valence-corrected chi connectivity index (χ0v) is 28.2. The second kappa shape index (κ2) is 14.5. The second-order valence-electron chi connectivity index (χ2n) is 13.2. The van der Waals surface area contributed by atoms with Crippen molar-refractivity contribution in [2.45, 2.75) is 63.3 Å². The van der Waals surface area contributed by atoms with Crippen LogP contribution in [0, 0.1) is 0 Å². The minimum Gasteiger partial charge on any atom is -0.494 e. The number of benzene rings is 4. The average Bonchev–Trinajstić information content (AvgIpc) is 3.65. The molecule has 6 rings (SSSR count). The van der Waals surface area contributed by atoms with E-state index in [0.717, 1.165) is 22.3 Å². The summed E-state index contributed by atoms with van der Waals surface area (Å²) < 4.78 is 18.0. The van der Waals surface area contributed by atoms with E-state index in [-0.39, 0.29) is 31.0 Å². The molecule has 0 aromatic heterocycles. The number of aliphatic hydroxyl groups is 1. The van der Waals surface area contributed by atoms with Crippen molar-refractivity contribution >= 4 is 23.5 Å². The summed E-state index contributed by atoms with van der Waals surface area (Å²) in [5.74, 6) is -0.175. The van der Waals surface area contributed by atoms with E-state index >= 15 is 4.79 Å². The monoisotopic (exact) mass is 673 g/mol. The van der Waals surface area contributed by atoms with Crippen LogP contribution in [0.4, 0.5) is 5.69 Å². The number of hydrogen-bond acceptors (Lipinski definition) is 8. The molecule has 0 radical (unpaired) electrons. The average molecular weight is 674 g/mol. The molecule has 4 aromatic carbocycles. The third-order valence-electron chi connectivity index (χ3n) is 8.64. The number of aliphatic imine (C=N–C) groups is 1. The maximum atomic E-state index is 15.1. The molecule has 11 nitrogen and oxygen atoms in total. The number of amides is 1. The SMILES string of the molecule is CC(C)(C)OC(=O)CC[C@@]1(C(=O)NC2c3ccccc3-c3ccccc32)N=C(c2ccc(OCCCO)cc2)O[C@@H]1c1ccccc1N=[N+]=[N-]. The van der Waals surface area contributed by atoms with Crippen molar-refractivity contribution < 1.29 is 28.9 Å². The van der Waals surface area contributed by atoms with Crippen LogP contribution in [0.2, 0.25) is 0 Å². The Bertz CT molecular complexity index is 1920. The van der Waals surface area contributed by atoms with Gasteiger partial charge in [-0.1, -0.05) is 77.9 Å². The van der Waals surface area contributed by atoms with Gasteiger partial charge in [0, 0.05) is 41.2 Å². The Balaban J connectivity index is 1.46. The number of carbonyl (C=O) groups is 2. The van der Waals surface area contributed by atoms with Crippen LogP contribution in [0.5, 0.6) is 5.75 Å². The van der Waals surface area contributed by atoms with E-state index in [9.17, 15) is 10.3 Å². The zero-order chi connectivity index (χ0) is 35.3. The fraction of sp³-hybridized carbons (Fsp3) is 0.308. The predicted octanol–water partition coefficient (Wildman–Crippen LogP) is 7.65. The van der Waals surface area contributed by atoms with Gasteiger partial charge >= 0.3 is 5.97 Å². The molecule has 2 atom stereocenters. The third kappa shape index (κ3) is 7.05. The fourth-order valence-electron chi connectivity index (χ4n) is 6.45. The maximum absolute atomic E-state index is 15.1. The van der Waals surface area contributed by atoms with Crippen LogP contribution in [-0.2, 0) is 19.1 Å². The van der Waals surface area contributed by atoms with Gasteiger partial charge in [0.1, 0.15) is 11.4 Å². The molecule has 1 aliphatic heterocycles. The number of fused-ring (bicyclic) bond motifs is 3. The number of azide groups is 1. The van der Waals surface area contributed by atoms with Gasteiger partial charge in [-0.05, 0) is 79.2 Å². The Labute approximate surface area is 290 Å². The van der Waals surface area contributed by atoms with Gasteiger partial charge in [-0.2, -0.15) is 0 Å². The zero-order valence-electron chi connectivity index (χ0n) is 28.2. The highest BCUT2D eigenvalue weighted by molar-refractivity contribution is 6.01. The molecule has 0 spiro atoms. The molecule has 50 heavy (non-hydrogen) atoms. The molecule has 256 valence electrons. The summed E-state index contributed by atoms with van der Waals surface area (Å²) in [4.78, 5) is 36.4. The van der Waals surface area contributed by atoms with E-state index < -0.39 is 35.2 Å². The molecule has 0 unspecified atom stereocenters. The van der Waals surface area contributed by atoms with Gasteiger partial charge in [0.05, 0.1) is 12.6 Å². The smallest absolute Gasteiger partial charge is 0.306 e. The highest BCUT2D eigenvalue weighted by Gasteiger charge is 2.54. The normalized spacial score (nSPS) is 17.8. The summed E-state index contributed by atoms with van der Waals surface area (Å²) in [6.45, 7) is 5.73. The van der Waals surface area contributed by atoms with Gasteiger partial charge in [0.15, 0.2) is 11.6 Å². The number of rotatable bonds is 12. The molecule has 1 amide bonds. The van der Waals surface area contributed by atoms with Crippen molar-refractivity contribution in [3.63, 3.8) is 0 Å². The highest BCUT2D eigenvalue weighted by Crippen LogP contribution is 2.48. The van der Waals surface area contributed by atoms with E-state index in [4.69, 9.17) is 24.3 Å². The first-order chi connectivity index (χ1) is 24.1. The summed E-state index contributed by atoms with van der Waals surface area (Å²) in [5, 5.41) is 16.3. The lowest BCUT2D eigenvalue weighted by Gasteiger charge is -2.32. The minimum absolute atomic E-state index is 0.0207. The van der Waals surface area contributed by atoms with Crippen LogP contribution in [0.15, 0.2) is 107 Å². The first kappa shape index (κ1) is 34.2. The van der Waals surface area contributed by atoms with Crippen molar-refractivity contribution in [2.24, 2.45) is 10.1 Å². The predicted molar refractivity (Wildman–Crippen MR) is 189 cm³/mol. The molecule has 0 fully saturated rings. The van der Waals surface area contributed by atoms with Crippen molar-refractivity contribution in [3.8, 4) is 16.9 Å². The summed E-state index contributed by atoms with van der Waals surface area (Å²) in [5.41, 5.74) is 12.2. The van der Waals surface area contributed by atoms with E-state index in [2.05, 4.69) is 15.3 Å². The van der Waals surface area contributed by atoms with Crippen LogP contribution in [0.25, 0.3) is 21.6 Å². The quantitative estimate of drug-likeness (QED) is 0.0517. The van der Waals surface area contributed by atoms with Gasteiger partial charge in [-0.15, -0.1) is 0 Å². The molecule has 2 aliphatic rings. The van der Waals surface area contributed by atoms with Crippen LogP contribution in [0.3, 0.4) is 0 Å². The van der Waals surface area contributed by atoms with Gasteiger partial charge in [0.25, 0.3) is 5.91 Å². The molecule has 1 heterocycles. The molecule has 0 saturated heterocycles. The lowest BCUT2D eigenvalue weighted by Crippen LogP contribution is -2.49. The number of esters is 1. The minimum atomic E-state index is -1.68. The molecule has 11 heteroatoms. The summed E-state index contributed by atoms with van der Waals surface area (Å²) >= 11 is 0. The molecule has 4 aromatic rings. The third-order valence-corrected chi connectivity index (χ3v) is 8.64. The highest BCUT2D eigenvalue weighted by atomic mass is 16.6. The lowest BCUT2D eigenvalue weighted by molar-refractivity contribution is -0.155. The van der Waals surface area contributed by atoms with Crippen molar-refractivity contribution in [2.75, 3.05) is 13.2 Å². The van der Waals surface area contributed by atoms with Crippen LogP contribution in [-0.4, -0.2) is 47.2 Å². The van der Waals surface area contributed by atoms with Gasteiger partial charge in [-0.3, -0.25) is 9.59 Å². The maximum Gasteiger partial charge on any atom is 0.306 e. The number of aliphatic hydroxyl groups excluding tert-OH is 1. The Morgan fingerprint density at radius 3 is 2.18 bits per heavy atom. The van der Waals surface area contributed by atoms with Crippen LogP contribution >= 0.6 is 0 Å². The Hall–Kier alpha value is -5.64. The largest absolute Gasteiger partial charge is 0.494 e. The number of ether oxygens (including phenoxy) is 3. The number of carbonyl (C=O) groups excluding carboxylic acids is 2. The standard InChI is InChI=1S/C39H39N5O6/c1-38(2,3)50-33(46)21-22-39(37(47)41-34-29-13-6-4-11-27(29)28-12-5-7-14-30(28)34)35(31-15-8-9-16-32(31)43-44-40)49-36(42-39)25-17-19-26(20-18-25)48-24-10-23-45/h4-9,11-20,34-35,45H,10,21-24H2,1-3H3,(H,41,47)/t35-,39-/m1/s1. The van der Waals surface area contributed by atoms with Gasteiger partial charge in [0.2, 0.25) is 5.90 Å². The van der Waals surface area contributed by atoms with Crippen molar-refractivity contribution in [3.05, 3.63) is 130 Å². The first-order valence-corrected chi connectivity index (χ1v) is 16.6. The Morgan fingerprint density at radius 1 is 0.940 bits per heavy atom. The molecule has 2 N–H and O–H groups in total. The molecular formula is C39H39N5O6. The van der Waals surface area contributed by atoms with Crippen LogP contribution in [0.1, 0.15) is 74.4 Å². The van der Waals surface area contributed by atoms with Gasteiger partial charge in [-0.25, -0.2) is 4.99 Å². The molecule has 0 saturated carbocycles. The van der Waals surface area contributed by atoms with Crippen molar-refractivity contribution in [1.29, 1.82) is 0 Å². The fourth-order valence-corrected chi connectivity index (χ4v) is 6.45. The van der Waals surface area contributed by atoms with Crippen LogP contribution < -0.4 is 10.1 Å². The topological polar surface area (TPSA) is 155 Å². The van der Waals surface area contributed by atoms with Gasteiger partial charge < -0.3 is 24.6 Å². The van der Waals surface area contributed by atoms with E-state index in [1.807, 2.05) is 48.5 Å². The summed E-state index contributed by atoms with van der Waals surface area (Å²) in [6, 6.07) is 29.3. The first-order valence-electron chi connectivity index (χ1n) is 16.6. The summed E-state index contributed by atoms with van der Waals surface area (Å²) in [6.07, 6.45) is -0.783. The number of nitrogens with one attached hydrogen (secondary N) is 1. The number of nitrogens with zero attached hydrogens (tertiary/aromatic N) is 4. The lowest BCUT2D eigenvalue weighted by atomic mass is 9.82. The second-order valence-corrected chi connectivity index (χ2v) is 13.2. The van der Waals surface area contributed by atoms with Crippen molar-refractivity contribution in [1.82, 2.24) is 5.32 Å². The molecular weight excluding hydrogens is 634 g/mol. The Kier molecular flexibility index (Phi) is 9.90. The molecule has 0 bridgehead atoms. The van der Waals surface area contributed by atoms with E-state index in [0.29, 0.717) is 29.9 Å². The number of hydrogen-bond donors (Lipinski definition) is 2. The molecule has 1 aliphatic carbocycles.